The Morgan fingerprint density at radius 3 is 2.76 bits per heavy atom. The van der Waals surface area contributed by atoms with Gasteiger partial charge in [0, 0.05) is 17.1 Å². The normalized spacial score (nSPS) is 22.0. The highest BCUT2D eigenvalue weighted by Crippen LogP contribution is 2.33. The first-order chi connectivity index (χ1) is 10.3. The van der Waals surface area contributed by atoms with E-state index in [9.17, 15) is 5.11 Å². The molecule has 4 nitrogen and oxygen atoms in total. The van der Waals surface area contributed by atoms with Crippen molar-refractivity contribution in [2.75, 3.05) is 11.5 Å². The quantitative estimate of drug-likeness (QED) is 0.788. The molecule has 2 unspecified atom stereocenters. The van der Waals surface area contributed by atoms with Crippen molar-refractivity contribution < 1.29 is 9.63 Å². The minimum atomic E-state index is -0.389. The molecule has 1 N–H and O–H groups in total. The van der Waals surface area contributed by atoms with Gasteiger partial charge in [-0.1, -0.05) is 41.6 Å². The van der Waals surface area contributed by atoms with Crippen LogP contribution in [0, 0.1) is 0 Å². The fraction of sp³-hybridized carbons (Fsp3) is 0.250. The van der Waals surface area contributed by atoms with Crippen molar-refractivity contribution in [3.8, 4) is 11.4 Å². The summed E-state index contributed by atoms with van der Waals surface area (Å²) in [5.41, 5.74) is 0.934. The van der Waals surface area contributed by atoms with Crippen LogP contribution in [0.1, 0.15) is 11.8 Å². The summed E-state index contributed by atoms with van der Waals surface area (Å²) in [4.78, 5) is 4.47. The third kappa shape index (κ3) is 2.32. The molecule has 106 valence electrons. The van der Waals surface area contributed by atoms with Gasteiger partial charge in [0.15, 0.2) is 0 Å². The van der Waals surface area contributed by atoms with Crippen LogP contribution in [0.25, 0.3) is 22.2 Å². The molecule has 4 rings (SSSR count). The maximum Gasteiger partial charge on any atom is 0.233 e. The van der Waals surface area contributed by atoms with Gasteiger partial charge in [0.2, 0.25) is 11.7 Å². The Balaban J connectivity index is 1.70. The highest BCUT2D eigenvalue weighted by molar-refractivity contribution is 7.99. The van der Waals surface area contributed by atoms with Gasteiger partial charge in [0.1, 0.15) is 0 Å². The van der Waals surface area contributed by atoms with Gasteiger partial charge in [0.05, 0.1) is 12.0 Å². The second-order valence-corrected chi connectivity index (χ2v) is 6.30. The van der Waals surface area contributed by atoms with Gasteiger partial charge in [-0.2, -0.15) is 16.7 Å². The van der Waals surface area contributed by atoms with E-state index in [1.807, 2.05) is 18.2 Å². The van der Waals surface area contributed by atoms with E-state index in [4.69, 9.17) is 4.52 Å². The summed E-state index contributed by atoms with van der Waals surface area (Å²) in [6.07, 6.45) is -0.389. The van der Waals surface area contributed by atoms with E-state index in [-0.39, 0.29) is 12.0 Å². The summed E-state index contributed by atoms with van der Waals surface area (Å²) in [6, 6.07) is 14.3. The summed E-state index contributed by atoms with van der Waals surface area (Å²) in [5.74, 6) is 2.64. The van der Waals surface area contributed by atoms with Crippen LogP contribution in [0.4, 0.5) is 0 Å². The second-order valence-electron chi connectivity index (χ2n) is 5.23. The largest absolute Gasteiger partial charge is 0.391 e. The molecule has 1 saturated heterocycles. The zero-order valence-corrected chi connectivity index (χ0v) is 12.1. The Bertz CT molecular complexity index is 787. The van der Waals surface area contributed by atoms with Gasteiger partial charge < -0.3 is 9.63 Å². The lowest BCUT2D eigenvalue weighted by Gasteiger charge is -2.06. The molecular formula is C16H14N2O2S. The number of thioether (sulfide) groups is 1. The standard InChI is InChI=1S/C16H14N2O2S/c19-14-9-21-8-13(14)16-17-15(18-20-16)12-6-5-10-3-1-2-4-11(10)7-12/h1-7,13-14,19H,8-9H2. The first-order valence-corrected chi connectivity index (χ1v) is 8.05. The lowest BCUT2D eigenvalue weighted by atomic mass is 10.1. The van der Waals surface area contributed by atoms with Crippen molar-refractivity contribution in [3.05, 3.63) is 48.4 Å². The van der Waals surface area contributed by atoms with Crippen molar-refractivity contribution in [1.82, 2.24) is 10.1 Å². The van der Waals surface area contributed by atoms with Crippen molar-refractivity contribution >= 4 is 22.5 Å². The van der Waals surface area contributed by atoms with E-state index in [0.29, 0.717) is 11.7 Å². The van der Waals surface area contributed by atoms with Gasteiger partial charge >= 0.3 is 0 Å². The Hall–Kier alpha value is -1.85. The lowest BCUT2D eigenvalue weighted by Crippen LogP contribution is -2.15. The summed E-state index contributed by atoms with van der Waals surface area (Å²) < 4.78 is 5.35. The molecule has 1 aromatic heterocycles. The number of nitrogens with zero attached hydrogens (tertiary/aromatic N) is 2. The minimum Gasteiger partial charge on any atom is -0.391 e. The summed E-state index contributed by atoms with van der Waals surface area (Å²) >= 11 is 1.71. The molecule has 21 heavy (non-hydrogen) atoms. The molecule has 3 aromatic rings. The van der Waals surface area contributed by atoms with E-state index in [1.165, 1.54) is 5.39 Å². The molecule has 0 bridgehead atoms. The maximum absolute atomic E-state index is 9.91. The zero-order valence-electron chi connectivity index (χ0n) is 11.3. The molecule has 2 heterocycles. The number of rotatable bonds is 2. The summed E-state index contributed by atoms with van der Waals surface area (Å²) in [7, 11) is 0. The lowest BCUT2D eigenvalue weighted by molar-refractivity contribution is 0.164. The molecule has 1 aliphatic heterocycles. The molecule has 2 atom stereocenters. The van der Waals surface area contributed by atoms with Crippen LogP contribution in [0.15, 0.2) is 47.0 Å². The number of benzene rings is 2. The van der Waals surface area contributed by atoms with Gasteiger partial charge in [-0.05, 0) is 16.8 Å². The van der Waals surface area contributed by atoms with E-state index in [0.717, 1.165) is 22.5 Å². The van der Waals surface area contributed by atoms with E-state index in [1.54, 1.807) is 11.8 Å². The number of aliphatic hydroxyl groups is 1. The van der Waals surface area contributed by atoms with Crippen LogP contribution in [-0.4, -0.2) is 32.9 Å². The Morgan fingerprint density at radius 2 is 1.95 bits per heavy atom. The van der Waals surface area contributed by atoms with Gasteiger partial charge in [-0.3, -0.25) is 0 Å². The van der Waals surface area contributed by atoms with Crippen molar-refractivity contribution in [1.29, 1.82) is 0 Å². The highest BCUT2D eigenvalue weighted by Gasteiger charge is 2.32. The zero-order chi connectivity index (χ0) is 14.2. The van der Waals surface area contributed by atoms with Crippen LogP contribution in [0.5, 0.6) is 0 Å². The number of aliphatic hydroxyl groups excluding tert-OH is 1. The number of aromatic nitrogens is 2. The smallest absolute Gasteiger partial charge is 0.233 e. The monoisotopic (exact) mass is 298 g/mol. The van der Waals surface area contributed by atoms with Crippen LogP contribution >= 0.6 is 11.8 Å². The molecule has 0 radical (unpaired) electrons. The van der Waals surface area contributed by atoms with E-state index >= 15 is 0 Å². The van der Waals surface area contributed by atoms with Crippen LogP contribution < -0.4 is 0 Å². The molecule has 0 aliphatic carbocycles. The fourth-order valence-electron chi connectivity index (χ4n) is 2.61. The molecule has 2 aromatic carbocycles. The molecular weight excluding hydrogens is 284 g/mol. The average molecular weight is 298 g/mol. The van der Waals surface area contributed by atoms with Crippen molar-refractivity contribution in [2.24, 2.45) is 0 Å². The van der Waals surface area contributed by atoms with E-state index in [2.05, 4.69) is 34.4 Å². The molecule has 1 fully saturated rings. The summed E-state index contributed by atoms with van der Waals surface area (Å²) in [6.45, 7) is 0. The molecule has 5 heteroatoms. The first kappa shape index (κ1) is 12.9. The highest BCUT2D eigenvalue weighted by atomic mass is 32.2. The van der Waals surface area contributed by atoms with Crippen LogP contribution in [0.2, 0.25) is 0 Å². The van der Waals surface area contributed by atoms with Gasteiger partial charge in [-0.25, -0.2) is 0 Å². The second kappa shape index (κ2) is 5.16. The SMILES string of the molecule is OC1CSCC1c1nc(-c2ccc3ccccc3c2)no1. The topological polar surface area (TPSA) is 59.2 Å². The third-order valence-electron chi connectivity index (χ3n) is 3.82. The van der Waals surface area contributed by atoms with Crippen LogP contribution in [0.3, 0.4) is 0 Å². The number of hydrogen-bond donors (Lipinski definition) is 1. The third-order valence-corrected chi connectivity index (χ3v) is 4.99. The molecule has 0 amide bonds. The molecule has 0 spiro atoms. The number of hydrogen-bond acceptors (Lipinski definition) is 5. The van der Waals surface area contributed by atoms with Crippen LogP contribution in [-0.2, 0) is 0 Å². The average Bonchev–Trinajstić information content (AvgIpc) is 3.15. The Morgan fingerprint density at radius 1 is 1.10 bits per heavy atom. The predicted octanol–water partition coefficient (Wildman–Crippen LogP) is 3.08. The first-order valence-electron chi connectivity index (χ1n) is 6.90. The summed E-state index contributed by atoms with van der Waals surface area (Å²) in [5, 5.41) is 16.3. The Labute approximate surface area is 126 Å². The minimum absolute atomic E-state index is 0.0447. The maximum atomic E-state index is 9.91. The fourth-order valence-corrected chi connectivity index (χ4v) is 3.84. The van der Waals surface area contributed by atoms with Gasteiger partial charge in [0.25, 0.3) is 0 Å². The molecule has 1 aliphatic rings. The predicted molar refractivity (Wildman–Crippen MR) is 83.3 cm³/mol. The van der Waals surface area contributed by atoms with Crippen molar-refractivity contribution in [2.45, 2.75) is 12.0 Å². The number of fused-ring (bicyclic) bond motifs is 1. The van der Waals surface area contributed by atoms with E-state index < -0.39 is 0 Å². The molecule has 0 saturated carbocycles. The van der Waals surface area contributed by atoms with Gasteiger partial charge in [-0.15, -0.1) is 0 Å². The Kier molecular flexibility index (Phi) is 3.16. The van der Waals surface area contributed by atoms with Crippen molar-refractivity contribution in [3.63, 3.8) is 0 Å².